The fraction of sp³-hybridized carbons (Fsp3) is 0.700. The Hall–Kier alpha value is -0.690. The highest BCUT2D eigenvalue weighted by molar-refractivity contribution is 7.99. The molecule has 0 aliphatic heterocycles. The first-order chi connectivity index (χ1) is 7.87. The fourth-order valence-electron chi connectivity index (χ4n) is 0.914. The van der Waals surface area contributed by atoms with Crippen molar-refractivity contribution in [2.75, 3.05) is 5.75 Å². The number of aromatic nitrogens is 2. The van der Waals surface area contributed by atoms with E-state index in [1.807, 2.05) is 0 Å². The summed E-state index contributed by atoms with van der Waals surface area (Å²) in [6.45, 7) is 6.38. The van der Waals surface area contributed by atoms with Crippen LogP contribution in [0.4, 0.5) is 0 Å². The smallest absolute Gasteiger partial charge is 0.313 e. The maximum absolute atomic E-state index is 10.3. The van der Waals surface area contributed by atoms with Crippen molar-refractivity contribution in [1.82, 2.24) is 10.1 Å². The lowest BCUT2D eigenvalue weighted by molar-refractivity contribution is -0.133. The summed E-state index contributed by atoms with van der Waals surface area (Å²) in [5, 5.41) is 12.3. The number of carboxylic acids is 1. The zero-order valence-electron chi connectivity index (χ0n) is 10.1. The van der Waals surface area contributed by atoms with Crippen LogP contribution in [0, 0.1) is 0 Å². The molecule has 0 bridgehead atoms. The average Bonchev–Trinajstić information content (AvgIpc) is 2.61. The molecule has 0 amide bonds. The predicted molar refractivity (Wildman–Crippen MR) is 69.1 cm³/mol. The van der Waals surface area contributed by atoms with E-state index in [9.17, 15) is 4.79 Å². The zero-order chi connectivity index (χ0) is 12.9. The van der Waals surface area contributed by atoms with Crippen LogP contribution in [0.2, 0.25) is 0 Å². The van der Waals surface area contributed by atoms with Gasteiger partial charge in [-0.1, -0.05) is 25.9 Å². The van der Waals surface area contributed by atoms with E-state index in [1.165, 1.54) is 11.8 Å². The molecule has 1 aromatic heterocycles. The Bertz CT molecular complexity index is 374. The monoisotopic (exact) mass is 276 g/mol. The minimum Gasteiger partial charge on any atom is -0.481 e. The van der Waals surface area contributed by atoms with Crippen molar-refractivity contribution in [2.24, 2.45) is 0 Å². The zero-order valence-corrected chi connectivity index (χ0v) is 11.7. The maximum atomic E-state index is 10.3. The maximum Gasteiger partial charge on any atom is 0.313 e. The van der Waals surface area contributed by atoms with Crippen LogP contribution in [0.3, 0.4) is 0 Å². The molecular formula is C10H16N2O3S2. The summed E-state index contributed by atoms with van der Waals surface area (Å²) in [5.41, 5.74) is 0. The molecule has 0 saturated heterocycles. The van der Waals surface area contributed by atoms with Crippen molar-refractivity contribution in [3.63, 3.8) is 0 Å². The number of thioether (sulfide) groups is 2. The second-order valence-corrected chi connectivity index (χ2v) is 7.18. The number of nitrogens with zero attached hydrogens (tertiary/aromatic N) is 2. The van der Waals surface area contributed by atoms with E-state index in [0.717, 1.165) is 0 Å². The third kappa shape index (κ3) is 6.58. The second-order valence-electron chi connectivity index (χ2n) is 4.39. The van der Waals surface area contributed by atoms with E-state index in [-0.39, 0.29) is 10.5 Å². The Balaban J connectivity index is 2.35. The predicted octanol–water partition coefficient (Wildman–Crippen LogP) is 2.42. The first-order valence-corrected chi connectivity index (χ1v) is 7.26. The third-order valence-electron chi connectivity index (χ3n) is 1.60. The molecule has 0 fully saturated rings. The number of hydrogen-bond acceptors (Lipinski definition) is 6. The van der Waals surface area contributed by atoms with Crippen LogP contribution in [0.5, 0.6) is 0 Å². The molecule has 0 saturated carbocycles. The highest BCUT2D eigenvalue weighted by atomic mass is 32.2. The molecule has 96 valence electrons. The van der Waals surface area contributed by atoms with Gasteiger partial charge in [0.2, 0.25) is 5.89 Å². The van der Waals surface area contributed by atoms with Gasteiger partial charge < -0.3 is 9.63 Å². The lowest BCUT2D eigenvalue weighted by atomic mass is 10.3. The molecule has 17 heavy (non-hydrogen) atoms. The van der Waals surface area contributed by atoms with Gasteiger partial charge in [0.15, 0.2) is 5.82 Å². The van der Waals surface area contributed by atoms with Gasteiger partial charge in [-0.3, -0.25) is 4.79 Å². The molecule has 0 aliphatic rings. The summed E-state index contributed by atoms with van der Waals surface area (Å²) in [7, 11) is 0. The Morgan fingerprint density at radius 3 is 2.71 bits per heavy atom. The Kier molecular flexibility index (Phi) is 5.32. The van der Waals surface area contributed by atoms with Crippen molar-refractivity contribution >= 4 is 29.5 Å². The van der Waals surface area contributed by atoms with Gasteiger partial charge in [0, 0.05) is 4.75 Å². The van der Waals surface area contributed by atoms with Gasteiger partial charge in [-0.15, -0.1) is 23.5 Å². The van der Waals surface area contributed by atoms with Gasteiger partial charge in [0.05, 0.1) is 17.3 Å². The molecule has 1 N–H and O–H groups in total. The standard InChI is InChI=1S/C10H16N2O3S2/c1-10(2,3)17-4-7-11-8(15-12-7)5-16-6-9(13)14/h4-6H2,1-3H3,(H,13,14). The largest absolute Gasteiger partial charge is 0.481 e. The summed E-state index contributed by atoms with van der Waals surface area (Å²) in [6, 6.07) is 0. The fourth-order valence-corrected chi connectivity index (χ4v) is 2.16. The van der Waals surface area contributed by atoms with E-state index in [1.54, 1.807) is 11.8 Å². The number of rotatable bonds is 6. The lowest BCUT2D eigenvalue weighted by Crippen LogP contribution is -2.07. The summed E-state index contributed by atoms with van der Waals surface area (Å²) < 4.78 is 5.19. The highest BCUT2D eigenvalue weighted by Gasteiger charge is 2.14. The van der Waals surface area contributed by atoms with E-state index < -0.39 is 5.97 Å². The normalized spacial score (nSPS) is 11.7. The molecule has 0 radical (unpaired) electrons. The van der Waals surface area contributed by atoms with Crippen LogP contribution >= 0.6 is 23.5 Å². The van der Waals surface area contributed by atoms with Gasteiger partial charge >= 0.3 is 5.97 Å². The van der Waals surface area contributed by atoms with Crippen molar-refractivity contribution in [3.8, 4) is 0 Å². The third-order valence-corrected chi connectivity index (χ3v) is 3.77. The van der Waals surface area contributed by atoms with Gasteiger partial charge in [-0.2, -0.15) is 4.98 Å². The van der Waals surface area contributed by atoms with Crippen molar-refractivity contribution in [2.45, 2.75) is 37.0 Å². The molecule has 1 aromatic rings. The molecule has 7 heteroatoms. The van der Waals surface area contributed by atoms with Gasteiger partial charge in [-0.05, 0) is 0 Å². The summed E-state index contributed by atoms with van der Waals surface area (Å²) in [5.74, 6) is 1.51. The molecule has 1 rings (SSSR count). The van der Waals surface area contributed by atoms with Crippen LogP contribution in [0.15, 0.2) is 4.52 Å². The summed E-state index contributed by atoms with van der Waals surface area (Å²) in [4.78, 5) is 14.5. The number of carboxylic acid groups (broad SMARTS) is 1. The van der Waals surface area contributed by atoms with Crippen molar-refractivity contribution in [3.05, 3.63) is 11.7 Å². The minimum atomic E-state index is -0.835. The number of hydrogen-bond donors (Lipinski definition) is 1. The average molecular weight is 276 g/mol. The lowest BCUT2D eigenvalue weighted by Gasteiger charge is -2.15. The van der Waals surface area contributed by atoms with E-state index in [4.69, 9.17) is 9.63 Å². The second kappa shape index (κ2) is 6.30. The van der Waals surface area contributed by atoms with Crippen LogP contribution in [-0.4, -0.2) is 31.7 Å². The molecule has 0 spiro atoms. The SMILES string of the molecule is CC(C)(C)SCc1noc(CSCC(=O)O)n1. The topological polar surface area (TPSA) is 76.2 Å². The molecule has 1 heterocycles. The Labute approximate surface area is 109 Å². The van der Waals surface area contributed by atoms with Crippen LogP contribution in [0.25, 0.3) is 0 Å². The van der Waals surface area contributed by atoms with E-state index >= 15 is 0 Å². The molecular weight excluding hydrogens is 260 g/mol. The van der Waals surface area contributed by atoms with E-state index in [0.29, 0.717) is 23.2 Å². The molecule has 5 nitrogen and oxygen atoms in total. The Morgan fingerprint density at radius 1 is 1.41 bits per heavy atom. The minimum absolute atomic E-state index is 0.0501. The number of aliphatic carboxylic acids is 1. The first-order valence-electron chi connectivity index (χ1n) is 5.12. The Morgan fingerprint density at radius 2 is 2.12 bits per heavy atom. The van der Waals surface area contributed by atoms with Crippen LogP contribution in [0.1, 0.15) is 32.5 Å². The summed E-state index contributed by atoms with van der Waals surface area (Å²) >= 11 is 2.99. The van der Waals surface area contributed by atoms with Crippen molar-refractivity contribution < 1.29 is 14.4 Å². The van der Waals surface area contributed by atoms with E-state index in [2.05, 4.69) is 30.9 Å². The summed E-state index contributed by atoms with van der Waals surface area (Å²) in [6.07, 6.45) is 0. The highest BCUT2D eigenvalue weighted by Crippen LogP contribution is 2.26. The molecule has 0 aromatic carbocycles. The van der Waals surface area contributed by atoms with Gasteiger partial charge in [0.25, 0.3) is 0 Å². The number of carbonyl (C=O) groups is 1. The van der Waals surface area contributed by atoms with Crippen molar-refractivity contribution in [1.29, 1.82) is 0 Å². The van der Waals surface area contributed by atoms with Crippen LogP contribution in [-0.2, 0) is 16.3 Å². The van der Waals surface area contributed by atoms with Gasteiger partial charge in [0.1, 0.15) is 0 Å². The molecule has 0 unspecified atom stereocenters. The van der Waals surface area contributed by atoms with Gasteiger partial charge in [-0.25, -0.2) is 0 Å². The molecule has 0 aliphatic carbocycles. The quantitative estimate of drug-likeness (QED) is 0.855. The first kappa shape index (κ1) is 14.4. The molecule has 0 atom stereocenters. The van der Waals surface area contributed by atoms with Crippen LogP contribution < -0.4 is 0 Å².